The van der Waals surface area contributed by atoms with Crippen molar-refractivity contribution in [3.8, 4) is 0 Å². The minimum absolute atomic E-state index is 0.147. The van der Waals surface area contributed by atoms with Crippen LogP contribution in [0, 0.1) is 0 Å². The standard InChI is InChI=1S/C7H12O2.C6H8O3/c1-3-5-6-9-7(8)4-2;1-2-6(7)9-4-5-3-8-5/h4H,2-3,5-6H2,1H3;2,5H,1,3-4H2. The molecule has 1 rings (SSSR count). The Morgan fingerprint density at radius 1 is 1.28 bits per heavy atom. The number of rotatable bonds is 7. The lowest BCUT2D eigenvalue weighted by molar-refractivity contribution is -0.138. The summed E-state index contributed by atoms with van der Waals surface area (Å²) in [5.74, 6) is -0.714. The van der Waals surface area contributed by atoms with Gasteiger partial charge in [0.15, 0.2) is 0 Å². The van der Waals surface area contributed by atoms with Crippen molar-refractivity contribution in [1.82, 2.24) is 0 Å². The lowest BCUT2D eigenvalue weighted by Gasteiger charge is -1.97. The van der Waals surface area contributed by atoms with E-state index in [1.807, 2.05) is 6.92 Å². The van der Waals surface area contributed by atoms with Gasteiger partial charge in [0.1, 0.15) is 12.7 Å². The number of carbonyl (C=O) groups excluding carboxylic acids is 2. The third-order valence-corrected chi connectivity index (χ3v) is 1.89. The van der Waals surface area contributed by atoms with Crippen LogP contribution in [0.1, 0.15) is 19.8 Å². The minimum Gasteiger partial charge on any atom is -0.463 e. The van der Waals surface area contributed by atoms with Crippen molar-refractivity contribution >= 4 is 11.9 Å². The maximum Gasteiger partial charge on any atom is 0.330 e. The van der Waals surface area contributed by atoms with Crippen LogP contribution < -0.4 is 0 Å². The molecule has 0 aliphatic carbocycles. The second-order valence-electron chi connectivity index (χ2n) is 3.51. The SMILES string of the molecule is C=CC(=O)OCC1CO1.C=CC(=O)OCCCC. The van der Waals surface area contributed by atoms with Gasteiger partial charge in [0, 0.05) is 12.2 Å². The Hall–Kier alpha value is -1.62. The Kier molecular flexibility index (Phi) is 9.58. The number of unbranched alkanes of at least 4 members (excludes halogenated alkanes) is 1. The molecule has 5 heteroatoms. The van der Waals surface area contributed by atoms with Gasteiger partial charge in [-0.2, -0.15) is 0 Å². The van der Waals surface area contributed by atoms with E-state index < -0.39 is 0 Å². The maximum atomic E-state index is 10.3. The summed E-state index contributed by atoms with van der Waals surface area (Å²) in [5.41, 5.74) is 0. The molecule has 0 bridgehead atoms. The summed E-state index contributed by atoms with van der Waals surface area (Å²) in [6.07, 6.45) is 4.44. The third-order valence-electron chi connectivity index (χ3n) is 1.89. The normalized spacial score (nSPS) is 15.7. The second-order valence-corrected chi connectivity index (χ2v) is 3.51. The van der Waals surface area contributed by atoms with Crippen LogP contribution in [-0.4, -0.2) is 37.9 Å². The fraction of sp³-hybridized carbons (Fsp3) is 0.538. The van der Waals surface area contributed by atoms with Gasteiger partial charge < -0.3 is 14.2 Å². The van der Waals surface area contributed by atoms with Gasteiger partial charge in [0.05, 0.1) is 13.2 Å². The molecule has 1 aliphatic heterocycles. The first kappa shape index (κ1) is 16.4. The minimum atomic E-state index is -0.384. The average molecular weight is 256 g/mol. The topological polar surface area (TPSA) is 65.1 Å². The van der Waals surface area contributed by atoms with Crippen molar-refractivity contribution < 1.29 is 23.8 Å². The van der Waals surface area contributed by atoms with Crippen molar-refractivity contribution in [2.75, 3.05) is 19.8 Å². The van der Waals surface area contributed by atoms with Crippen LogP contribution >= 0.6 is 0 Å². The van der Waals surface area contributed by atoms with Crippen LogP contribution in [0.15, 0.2) is 25.3 Å². The van der Waals surface area contributed by atoms with E-state index in [0.29, 0.717) is 19.8 Å². The highest BCUT2D eigenvalue weighted by molar-refractivity contribution is 5.81. The Morgan fingerprint density at radius 2 is 1.83 bits per heavy atom. The zero-order valence-electron chi connectivity index (χ0n) is 10.7. The molecule has 0 aromatic rings. The van der Waals surface area contributed by atoms with Crippen LogP contribution in [0.2, 0.25) is 0 Å². The smallest absolute Gasteiger partial charge is 0.330 e. The predicted molar refractivity (Wildman–Crippen MR) is 67.0 cm³/mol. The zero-order chi connectivity index (χ0) is 13.8. The number of hydrogen-bond donors (Lipinski definition) is 0. The largest absolute Gasteiger partial charge is 0.463 e. The fourth-order valence-corrected chi connectivity index (χ4v) is 0.774. The van der Waals surface area contributed by atoms with Crippen molar-refractivity contribution in [2.45, 2.75) is 25.9 Å². The van der Waals surface area contributed by atoms with Gasteiger partial charge >= 0.3 is 11.9 Å². The third kappa shape index (κ3) is 10.9. The summed E-state index contributed by atoms with van der Waals surface area (Å²) in [6, 6.07) is 0. The summed E-state index contributed by atoms with van der Waals surface area (Å²) in [4.78, 5) is 20.7. The van der Waals surface area contributed by atoms with Crippen LogP contribution in [0.3, 0.4) is 0 Å². The second kappa shape index (κ2) is 10.5. The Balaban J connectivity index is 0.000000321. The van der Waals surface area contributed by atoms with Crippen molar-refractivity contribution in [3.05, 3.63) is 25.3 Å². The van der Waals surface area contributed by atoms with E-state index in [4.69, 9.17) is 4.74 Å². The summed E-state index contributed by atoms with van der Waals surface area (Å²) in [6.45, 7) is 10.1. The highest BCUT2D eigenvalue weighted by Crippen LogP contribution is 2.08. The van der Waals surface area contributed by atoms with Crippen molar-refractivity contribution in [1.29, 1.82) is 0 Å². The Bertz CT molecular complexity index is 281. The van der Waals surface area contributed by atoms with Gasteiger partial charge in [-0.1, -0.05) is 26.5 Å². The molecule has 0 amide bonds. The predicted octanol–water partition coefficient (Wildman–Crippen LogP) is 1.63. The van der Waals surface area contributed by atoms with E-state index in [0.717, 1.165) is 18.9 Å². The number of carbonyl (C=O) groups is 2. The van der Waals surface area contributed by atoms with Gasteiger partial charge in [-0.15, -0.1) is 0 Å². The lowest BCUT2D eigenvalue weighted by atomic mass is 10.4. The first-order valence-electron chi connectivity index (χ1n) is 5.84. The quantitative estimate of drug-likeness (QED) is 0.300. The summed E-state index contributed by atoms with van der Waals surface area (Å²) in [5, 5.41) is 0. The van der Waals surface area contributed by atoms with E-state index in [1.54, 1.807) is 0 Å². The molecule has 0 saturated carbocycles. The van der Waals surface area contributed by atoms with Gasteiger partial charge in [0.2, 0.25) is 0 Å². The van der Waals surface area contributed by atoms with Crippen LogP contribution in [0.5, 0.6) is 0 Å². The highest BCUT2D eigenvalue weighted by atomic mass is 16.6. The van der Waals surface area contributed by atoms with E-state index in [1.165, 1.54) is 6.08 Å². The molecule has 0 aromatic heterocycles. The van der Waals surface area contributed by atoms with E-state index in [-0.39, 0.29) is 18.0 Å². The van der Waals surface area contributed by atoms with E-state index in [2.05, 4.69) is 22.6 Å². The Labute approximate surface area is 107 Å². The van der Waals surface area contributed by atoms with Crippen molar-refractivity contribution in [3.63, 3.8) is 0 Å². The van der Waals surface area contributed by atoms with E-state index >= 15 is 0 Å². The van der Waals surface area contributed by atoms with Gasteiger partial charge in [0.25, 0.3) is 0 Å². The summed E-state index contributed by atoms with van der Waals surface area (Å²) >= 11 is 0. The molecule has 1 atom stereocenters. The van der Waals surface area contributed by atoms with Gasteiger partial charge in [-0.05, 0) is 6.42 Å². The number of ether oxygens (including phenoxy) is 3. The fourth-order valence-electron chi connectivity index (χ4n) is 0.774. The monoisotopic (exact) mass is 256 g/mol. The molecule has 18 heavy (non-hydrogen) atoms. The molecule has 1 aliphatic rings. The molecule has 0 spiro atoms. The lowest BCUT2D eigenvalue weighted by Crippen LogP contribution is -2.06. The van der Waals surface area contributed by atoms with Gasteiger partial charge in [-0.3, -0.25) is 0 Å². The molecule has 0 aromatic carbocycles. The molecule has 0 N–H and O–H groups in total. The van der Waals surface area contributed by atoms with Crippen LogP contribution in [0.4, 0.5) is 0 Å². The first-order chi connectivity index (χ1) is 8.63. The summed E-state index contributed by atoms with van der Waals surface area (Å²) in [7, 11) is 0. The molecule has 5 nitrogen and oxygen atoms in total. The van der Waals surface area contributed by atoms with Crippen LogP contribution in [0.25, 0.3) is 0 Å². The molecule has 0 radical (unpaired) electrons. The first-order valence-corrected chi connectivity index (χ1v) is 5.84. The molecule has 102 valence electrons. The van der Waals surface area contributed by atoms with E-state index in [9.17, 15) is 9.59 Å². The number of esters is 2. The summed E-state index contributed by atoms with van der Waals surface area (Å²) < 4.78 is 14.1. The Morgan fingerprint density at radius 3 is 2.28 bits per heavy atom. The zero-order valence-corrected chi connectivity index (χ0v) is 10.7. The molecule has 1 fully saturated rings. The average Bonchev–Trinajstić information content (AvgIpc) is 3.20. The van der Waals surface area contributed by atoms with Crippen LogP contribution in [-0.2, 0) is 23.8 Å². The van der Waals surface area contributed by atoms with Crippen molar-refractivity contribution in [2.24, 2.45) is 0 Å². The maximum absolute atomic E-state index is 10.3. The molecular formula is C13H20O5. The highest BCUT2D eigenvalue weighted by Gasteiger charge is 2.23. The molecular weight excluding hydrogens is 236 g/mol. The number of hydrogen-bond acceptors (Lipinski definition) is 5. The van der Waals surface area contributed by atoms with Gasteiger partial charge in [-0.25, -0.2) is 9.59 Å². The molecule has 1 saturated heterocycles. The number of epoxide rings is 1. The molecule has 1 heterocycles. The molecule has 1 unspecified atom stereocenters.